The van der Waals surface area contributed by atoms with Gasteiger partial charge in [0.1, 0.15) is 5.82 Å². The number of nitrogens with zero attached hydrogens (tertiary/aromatic N) is 2. The highest BCUT2D eigenvalue weighted by Gasteiger charge is 2.24. The number of aromatic amines is 1. The third-order valence-corrected chi connectivity index (χ3v) is 5.88. The van der Waals surface area contributed by atoms with Crippen molar-refractivity contribution in [3.8, 4) is 0 Å². The molecule has 30 heavy (non-hydrogen) atoms. The zero-order valence-corrected chi connectivity index (χ0v) is 17.4. The number of para-hydroxylation sites is 1. The Morgan fingerprint density at radius 2 is 2.03 bits per heavy atom. The lowest BCUT2D eigenvalue weighted by molar-refractivity contribution is 0.682. The highest BCUT2D eigenvalue weighted by Crippen LogP contribution is 2.36. The average molecular weight is 395 g/mol. The molecule has 0 saturated heterocycles. The van der Waals surface area contributed by atoms with Crippen LogP contribution in [0.5, 0.6) is 0 Å². The molecule has 1 aliphatic rings. The number of nitrogens with one attached hydrogen (secondary N) is 2. The van der Waals surface area contributed by atoms with Crippen LogP contribution >= 0.6 is 0 Å². The van der Waals surface area contributed by atoms with Crippen LogP contribution in [0.3, 0.4) is 0 Å². The van der Waals surface area contributed by atoms with Crippen molar-refractivity contribution in [1.82, 2.24) is 14.5 Å². The maximum Gasteiger partial charge on any atom is 0.135 e. The molecule has 1 aliphatic heterocycles. The topological polar surface area (TPSA) is 45.6 Å². The number of hydrogen-bond acceptors (Lipinski definition) is 2. The van der Waals surface area contributed by atoms with Crippen molar-refractivity contribution >= 4 is 27.7 Å². The average Bonchev–Trinajstić information content (AvgIpc) is 3.37. The van der Waals surface area contributed by atoms with Gasteiger partial charge in [0.25, 0.3) is 0 Å². The molecule has 0 fully saturated rings. The van der Waals surface area contributed by atoms with Crippen LogP contribution in [0, 0.1) is 6.92 Å². The lowest BCUT2D eigenvalue weighted by Gasteiger charge is -2.21. The number of aromatic nitrogens is 3. The maximum absolute atomic E-state index is 5.02. The molecule has 0 radical (unpaired) electrons. The number of rotatable bonds is 5. The van der Waals surface area contributed by atoms with E-state index in [1.807, 2.05) is 6.07 Å². The third-order valence-electron chi connectivity index (χ3n) is 5.88. The minimum atomic E-state index is -0.128. The van der Waals surface area contributed by atoms with Crippen LogP contribution in [-0.2, 0) is 6.54 Å². The molecule has 0 amide bonds. The number of hydrogen-bond donors (Lipinski definition) is 2. The Kier molecular flexibility index (Phi) is 4.55. The predicted molar refractivity (Wildman–Crippen MR) is 125 cm³/mol. The van der Waals surface area contributed by atoms with E-state index in [4.69, 9.17) is 4.98 Å². The second-order valence-electron chi connectivity index (χ2n) is 8.08. The van der Waals surface area contributed by atoms with E-state index in [-0.39, 0.29) is 6.04 Å². The summed E-state index contributed by atoms with van der Waals surface area (Å²) in [6, 6.07) is 16.7. The molecule has 0 bridgehead atoms. The van der Waals surface area contributed by atoms with Crippen molar-refractivity contribution in [2.45, 2.75) is 32.9 Å². The number of benzene rings is 2. The zero-order valence-electron chi connectivity index (χ0n) is 17.4. The van der Waals surface area contributed by atoms with E-state index in [9.17, 15) is 0 Å². The van der Waals surface area contributed by atoms with Gasteiger partial charge in [0.15, 0.2) is 0 Å². The quantitative estimate of drug-likeness (QED) is 0.414. The largest absolute Gasteiger partial charge is 0.373 e. The Balaban J connectivity index is 1.59. The van der Waals surface area contributed by atoms with E-state index >= 15 is 0 Å². The first-order chi connectivity index (χ1) is 14.6. The van der Waals surface area contributed by atoms with Crippen LogP contribution < -0.4 is 5.32 Å². The summed E-state index contributed by atoms with van der Waals surface area (Å²) in [5, 5.41) is 4.88. The molecule has 3 heterocycles. The number of imidazole rings is 1. The highest BCUT2D eigenvalue weighted by atomic mass is 15.1. The monoisotopic (exact) mass is 394 g/mol. The van der Waals surface area contributed by atoms with Gasteiger partial charge >= 0.3 is 0 Å². The Morgan fingerprint density at radius 3 is 2.87 bits per heavy atom. The summed E-state index contributed by atoms with van der Waals surface area (Å²) in [4.78, 5) is 8.40. The van der Waals surface area contributed by atoms with E-state index in [0.717, 1.165) is 46.8 Å². The summed E-state index contributed by atoms with van der Waals surface area (Å²) >= 11 is 0. The van der Waals surface area contributed by atoms with Gasteiger partial charge in [0.05, 0.1) is 11.7 Å². The zero-order chi connectivity index (χ0) is 20.7. The number of aryl methyl sites for hydroxylation is 2. The molecule has 1 atom stereocenters. The molecule has 4 aromatic rings. The van der Waals surface area contributed by atoms with Gasteiger partial charge in [0, 0.05) is 41.1 Å². The van der Waals surface area contributed by atoms with Crippen LogP contribution in [-0.4, -0.2) is 14.5 Å². The van der Waals surface area contributed by atoms with Gasteiger partial charge in [-0.3, -0.25) is 0 Å². The summed E-state index contributed by atoms with van der Waals surface area (Å²) in [5.74, 6) is 1.05. The van der Waals surface area contributed by atoms with Crippen LogP contribution in [0.25, 0.3) is 22.0 Å². The molecule has 1 unspecified atom stereocenters. The Hall–Kier alpha value is -3.53. The fourth-order valence-electron chi connectivity index (χ4n) is 4.31. The molecular formula is C26H26N4. The minimum Gasteiger partial charge on any atom is -0.373 e. The Bertz CT molecular complexity index is 1270. The number of allylic oxidation sites excluding steroid dienone is 2. The fourth-order valence-corrected chi connectivity index (χ4v) is 4.31. The van der Waals surface area contributed by atoms with Gasteiger partial charge in [-0.05, 0) is 55.2 Å². The lowest BCUT2D eigenvalue weighted by atomic mass is 9.97. The van der Waals surface area contributed by atoms with E-state index < -0.39 is 0 Å². The van der Waals surface area contributed by atoms with Crippen molar-refractivity contribution in [2.24, 2.45) is 0 Å². The first-order valence-electron chi connectivity index (χ1n) is 10.4. The van der Waals surface area contributed by atoms with E-state index in [1.165, 1.54) is 16.5 Å². The van der Waals surface area contributed by atoms with Crippen LogP contribution in [0.2, 0.25) is 0 Å². The highest BCUT2D eigenvalue weighted by molar-refractivity contribution is 5.93. The number of H-pyrrole nitrogens is 1. The summed E-state index contributed by atoms with van der Waals surface area (Å²) in [6.07, 6.45) is 7.55. The summed E-state index contributed by atoms with van der Waals surface area (Å²) in [5.41, 5.74) is 7.76. The van der Waals surface area contributed by atoms with Crippen LogP contribution in [0.4, 0.5) is 5.69 Å². The number of anilines is 1. The minimum absolute atomic E-state index is 0.128. The van der Waals surface area contributed by atoms with Gasteiger partial charge in [-0.1, -0.05) is 43.0 Å². The smallest absolute Gasteiger partial charge is 0.135 e. The van der Waals surface area contributed by atoms with Gasteiger partial charge in [-0.25, -0.2) is 4.98 Å². The van der Waals surface area contributed by atoms with Crippen LogP contribution in [0.1, 0.15) is 42.0 Å². The number of fused-ring (bicyclic) bond motifs is 2. The summed E-state index contributed by atoms with van der Waals surface area (Å²) < 4.78 is 2.26. The van der Waals surface area contributed by atoms with Gasteiger partial charge < -0.3 is 14.9 Å². The molecule has 4 heteroatoms. The van der Waals surface area contributed by atoms with E-state index in [1.54, 1.807) is 0 Å². The van der Waals surface area contributed by atoms with Crippen molar-refractivity contribution in [1.29, 1.82) is 0 Å². The van der Waals surface area contributed by atoms with Crippen LogP contribution in [0.15, 0.2) is 73.6 Å². The van der Waals surface area contributed by atoms with Crippen molar-refractivity contribution in [3.63, 3.8) is 0 Å². The Labute approximate surface area is 177 Å². The van der Waals surface area contributed by atoms with E-state index in [0.29, 0.717) is 0 Å². The first kappa shape index (κ1) is 18.5. The van der Waals surface area contributed by atoms with Gasteiger partial charge in [0.2, 0.25) is 0 Å². The SMILES string of the molecule is C=C(c1c[nH]c2ccccc12)C(Nc1cccc(C)c1)c1cn2c(n1)C(C)=CCC2. The fraction of sp³-hybridized carbons (Fsp3) is 0.192. The van der Waals surface area contributed by atoms with Crippen molar-refractivity contribution < 1.29 is 0 Å². The second kappa shape index (κ2) is 7.38. The maximum atomic E-state index is 5.02. The first-order valence-corrected chi connectivity index (χ1v) is 10.4. The summed E-state index contributed by atoms with van der Waals surface area (Å²) in [6.45, 7) is 9.74. The Morgan fingerprint density at radius 1 is 1.17 bits per heavy atom. The molecule has 0 spiro atoms. The third kappa shape index (κ3) is 3.24. The summed E-state index contributed by atoms with van der Waals surface area (Å²) in [7, 11) is 0. The molecule has 0 saturated carbocycles. The molecule has 4 nitrogen and oxygen atoms in total. The second-order valence-corrected chi connectivity index (χ2v) is 8.08. The molecule has 5 rings (SSSR count). The molecule has 2 N–H and O–H groups in total. The van der Waals surface area contributed by atoms with Crippen molar-refractivity contribution in [3.05, 3.63) is 96.2 Å². The molecule has 0 aliphatic carbocycles. The normalized spacial score (nSPS) is 14.3. The van der Waals surface area contributed by atoms with Gasteiger partial charge in [-0.15, -0.1) is 0 Å². The predicted octanol–water partition coefficient (Wildman–Crippen LogP) is 6.35. The molecule has 2 aromatic heterocycles. The standard InChI is InChI=1S/C26H26N4/c1-17-8-6-10-20(14-17)28-25(24-16-30-13-7-9-18(2)26(30)29-24)19(3)22-15-27-23-12-5-4-11-21(22)23/h4-6,8-12,14-16,25,27-28H,3,7,13H2,1-2H3. The van der Waals surface area contributed by atoms with Crippen molar-refractivity contribution in [2.75, 3.05) is 5.32 Å². The van der Waals surface area contributed by atoms with Gasteiger partial charge in [-0.2, -0.15) is 0 Å². The lowest BCUT2D eigenvalue weighted by Crippen LogP contribution is -2.13. The molecule has 2 aromatic carbocycles. The molecule has 150 valence electrons. The van der Waals surface area contributed by atoms with E-state index in [2.05, 4.69) is 96.2 Å². The molecular weight excluding hydrogens is 368 g/mol.